The van der Waals surface area contributed by atoms with Crippen LogP contribution in [0.15, 0.2) is 60.8 Å². The van der Waals surface area contributed by atoms with Crippen molar-refractivity contribution in [2.75, 3.05) is 25.0 Å². The van der Waals surface area contributed by atoms with Crippen molar-refractivity contribution in [2.24, 2.45) is 0 Å². The van der Waals surface area contributed by atoms with E-state index < -0.39 is 25.9 Å². The zero-order valence-electron chi connectivity index (χ0n) is 31.1. The molecular formula is C39H52N6O5Si-. The van der Waals surface area contributed by atoms with Crippen LogP contribution in [-0.4, -0.2) is 76.1 Å². The molecule has 2 aromatic heterocycles. The second-order valence-electron chi connectivity index (χ2n) is 16.0. The second kappa shape index (κ2) is 15.0. The van der Waals surface area contributed by atoms with Gasteiger partial charge in [0.25, 0.3) is 0 Å². The number of nitrogens with zero attached hydrogens (tertiary/aromatic N) is 5. The lowest BCUT2D eigenvalue weighted by Gasteiger charge is -2.40. The average Bonchev–Trinajstić information content (AvgIpc) is 3.48. The molecule has 1 saturated heterocycles. The molecule has 3 amide bonds. The maximum absolute atomic E-state index is 13.8. The van der Waals surface area contributed by atoms with Crippen LogP contribution in [0.1, 0.15) is 62.1 Å². The van der Waals surface area contributed by atoms with E-state index in [1.165, 1.54) is 0 Å². The minimum absolute atomic E-state index is 0.0347. The molecule has 1 unspecified atom stereocenters. The van der Waals surface area contributed by atoms with Crippen molar-refractivity contribution in [3.63, 3.8) is 0 Å². The first-order valence-electron chi connectivity index (χ1n) is 18.0. The molecule has 1 N–H and O–H groups in total. The SMILES string of the molecule is Cc1cc(CC(OC(=O)N2CCC(N3Cc4ccccc4NC3=O)CC2)c2cccc(OC(C)(C)C)n2)cc2cn(COCC[Si-](C)(C)C)nc12. The van der Waals surface area contributed by atoms with Gasteiger partial charge < -0.3 is 29.3 Å². The van der Waals surface area contributed by atoms with Gasteiger partial charge in [0.1, 0.15) is 18.4 Å². The van der Waals surface area contributed by atoms with Crippen LogP contribution in [0.4, 0.5) is 15.3 Å². The van der Waals surface area contributed by atoms with Crippen LogP contribution in [0.5, 0.6) is 5.88 Å². The van der Waals surface area contributed by atoms with Crippen molar-refractivity contribution in [1.82, 2.24) is 24.6 Å². The Morgan fingerprint density at radius 1 is 1.06 bits per heavy atom. The van der Waals surface area contributed by atoms with Crippen molar-refractivity contribution < 1.29 is 23.8 Å². The highest BCUT2D eigenvalue weighted by atomic mass is 28.3. The highest BCUT2D eigenvalue weighted by Crippen LogP contribution is 2.31. The maximum atomic E-state index is 13.8. The maximum Gasteiger partial charge on any atom is 0.410 e. The molecule has 273 valence electrons. The minimum atomic E-state index is -1.17. The molecule has 4 heterocycles. The highest BCUT2D eigenvalue weighted by molar-refractivity contribution is 6.76. The molecule has 4 aromatic rings. The monoisotopic (exact) mass is 712 g/mol. The minimum Gasteiger partial charge on any atom is -0.472 e. The van der Waals surface area contributed by atoms with Crippen LogP contribution in [0.3, 0.4) is 0 Å². The Morgan fingerprint density at radius 3 is 2.57 bits per heavy atom. The highest BCUT2D eigenvalue weighted by Gasteiger charge is 2.34. The fraction of sp³-hybridized carbons (Fsp3) is 0.487. The molecular weight excluding hydrogens is 661 g/mol. The third-order valence-electron chi connectivity index (χ3n) is 9.30. The number of ether oxygens (including phenoxy) is 3. The van der Waals surface area contributed by atoms with E-state index in [1.807, 2.05) is 79.0 Å². The number of likely N-dealkylation sites (tertiary alicyclic amines) is 1. The van der Waals surface area contributed by atoms with Gasteiger partial charge in [-0.1, -0.05) is 30.3 Å². The van der Waals surface area contributed by atoms with Gasteiger partial charge in [0.15, 0.2) is 0 Å². The summed E-state index contributed by atoms with van der Waals surface area (Å²) in [5.41, 5.74) is 5.12. The normalized spacial score (nSPS) is 16.2. The van der Waals surface area contributed by atoms with Gasteiger partial charge in [0.2, 0.25) is 5.88 Å². The van der Waals surface area contributed by atoms with E-state index >= 15 is 0 Å². The third kappa shape index (κ3) is 9.47. The number of aryl methyl sites for hydroxylation is 1. The number of fused-ring (bicyclic) bond motifs is 2. The van der Waals surface area contributed by atoms with E-state index in [4.69, 9.17) is 24.3 Å². The fourth-order valence-corrected chi connectivity index (χ4v) is 7.39. The summed E-state index contributed by atoms with van der Waals surface area (Å²) in [5, 5.41) is 8.81. The van der Waals surface area contributed by atoms with Gasteiger partial charge in [-0.25, -0.2) is 19.3 Å². The summed E-state index contributed by atoms with van der Waals surface area (Å²) in [5.74, 6) is 0.477. The molecule has 6 rings (SSSR count). The van der Waals surface area contributed by atoms with Crippen LogP contribution >= 0.6 is 0 Å². The second-order valence-corrected chi connectivity index (χ2v) is 21.6. The van der Waals surface area contributed by atoms with E-state index in [1.54, 1.807) is 4.90 Å². The number of anilines is 1. The lowest BCUT2D eigenvalue weighted by atomic mass is 10.0. The molecule has 51 heavy (non-hydrogen) atoms. The van der Waals surface area contributed by atoms with Gasteiger partial charge in [-0.05, 0) is 75.4 Å². The summed E-state index contributed by atoms with van der Waals surface area (Å²) < 4.78 is 20.2. The van der Waals surface area contributed by atoms with E-state index in [0.717, 1.165) is 45.9 Å². The molecule has 0 radical (unpaired) electrons. The summed E-state index contributed by atoms with van der Waals surface area (Å²) in [4.78, 5) is 35.2. The van der Waals surface area contributed by atoms with E-state index in [2.05, 4.69) is 44.0 Å². The smallest absolute Gasteiger partial charge is 0.410 e. The Kier molecular flexibility index (Phi) is 10.7. The Morgan fingerprint density at radius 2 is 1.82 bits per heavy atom. The zero-order valence-corrected chi connectivity index (χ0v) is 32.1. The predicted molar refractivity (Wildman–Crippen MR) is 202 cm³/mol. The van der Waals surface area contributed by atoms with Crippen LogP contribution in [0.25, 0.3) is 10.9 Å². The van der Waals surface area contributed by atoms with Gasteiger partial charge >= 0.3 is 12.1 Å². The zero-order chi connectivity index (χ0) is 36.3. The molecule has 0 bridgehead atoms. The number of hydrogen-bond donors (Lipinski definition) is 1. The van der Waals surface area contributed by atoms with Crippen molar-refractivity contribution in [3.8, 4) is 5.88 Å². The van der Waals surface area contributed by atoms with Gasteiger partial charge in [0, 0.05) is 62.0 Å². The first kappa shape index (κ1) is 36.4. The number of amides is 3. The van der Waals surface area contributed by atoms with Crippen molar-refractivity contribution in [3.05, 3.63) is 83.2 Å². The Balaban J connectivity index is 1.16. The lowest BCUT2D eigenvalue weighted by molar-refractivity contribution is 0.0455. The summed E-state index contributed by atoms with van der Waals surface area (Å²) >= 11 is 0. The number of carbonyl (C=O) groups is 2. The number of rotatable bonds is 11. The molecule has 11 nitrogen and oxygen atoms in total. The van der Waals surface area contributed by atoms with Gasteiger partial charge in [-0.3, -0.25) is 0 Å². The largest absolute Gasteiger partial charge is 0.472 e. The number of benzene rings is 2. The molecule has 0 saturated carbocycles. The van der Waals surface area contributed by atoms with Gasteiger partial charge in [-0.15, -0.1) is 14.1 Å². The van der Waals surface area contributed by atoms with Crippen LogP contribution in [0.2, 0.25) is 25.7 Å². The molecule has 12 heteroatoms. The Labute approximate surface area is 302 Å². The average molecular weight is 713 g/mol. The molecule has 0 spiro atoms. The number of pyridine rings is 1. The number of hydrogen-bond acceptors (Lipinski definition) is 7. The summed E-state index contributed by atoms with van der Waals surface area (Å²) in [6.45, 7) is 17.7. The van der Waals surface area contributed by atoms with Crippen molar-refractivity contribution in [1.29, 1.82) is 0 Å². The Hall–Kier alpha value is -4.42. The lowest BCUT2D eigenvalue weighted by Crippen LogP contribution is -2.51. The van der Waals surface area contributed by atoms with Crippen molar-refractivity contribution in [2.45, 2.75) is 104 Å². The Bertz CT molecular complexity index is 1860. The predicted octanol–water partition coefficient (Wildman–Crippen LogP) is 8.16. The summed E-state index contributed by atoms with van der Waals surface area (Å²) in [6, 6.07) is 18.7. The van der Waals surface area contributed by atoms with E-state index in [9.17, 15) is 9.59 Å². The summed E-state index contributed by atoms with van der Waals surface area (Å²) in [6.07, 6.45) is 2.74. The molecule has 0 aliphatic carbocycles. The number of carbonyl (C=O) groups excluding carboxylic acids is 2. The van der Waals surface area contributed by atoms with Gasteiger partial charge in [-0.2, -0.15) is 24.7 Å². The molecule has 2 aromatic carbocycles. The summed E-state index contributed by atoms with van der Waals surface area (Å²) in [7, 11) is -1.17. The molecule has 2 aliphatic heterocycles. The topological polar surface area (TPSA) is 111 Å². The van der Waals surface area contributed by atoms with Gasteiger partial charge in [0.05, 0.1) is 11.2 Å². The van der Waals surface area contributed by atoms with Crippen molar-refractivity contribution >= 4 is 36.8 Å². The van der Waals surface area contributed by atoms with E-state index in [0.29, 0.717) is 57.2 Å². The number of urea groups is 1. The standard InChI is InChI=1S/C39H52N6O5Si/c1-27-21-28(22-30-24-44(42-36(27)30)26-48-19-20-51(5,6)7)23-34(33-13-10-14-35(40-33)50-39(2,3)4)49-38(47)43-17-15-31(16-18-43)45-25-29-11-8-9-12-32(29)41-37(45)46/h8-14,21-22,24,31,34H,15-20,23,25-26H2,1-7H3,(H,41,46)/q-1. The van der Waals surface area contributed by atoms with Crippen LogP contribution in [-0.2, 0) is 29.2 Å². The molecule has 1 fully saturated rings. The molecule has 1 atom stereocenters. The number of aromatic nitrogens is 3. The first-order valence-corrected chi connectivity index (χ1v) is 21.7. The quantitative estimate of drug-likeness (QED) is 0.123. The number of para-hydroxylation sites is 1. The number of nitrogens with one attached hydrogen (secondary N) is 1. The van der Waals surface area contributed by atoms with E-state index in [-0.39, 0.29) is 12.1 Å². The molecule has 2 aliphatic rings. The van der Waals surface area contributed by atoms with Crippen LogP contribution in [0, 0.1) is 6.92 Å². The fourth-order valence-electron chi connectivity index (χ4n) is 6.63. The first-order chi connectivity index (χ1) is 24.2. The third-order valence-corrected chi connectivity index (χ3v) is 11.0. The number of piperidine rings is 1. The van der Waals surface area contributed by atoms with Crippen LogP contribution < -0.4 is 10.1 Å².